The van der Waals surface area contributed by atoms with E-state index in [4.69, 9.17) is 19.0 Å². The molecule has 2 aliphatic rings. The minimum atomic E-state index is -1.60. The highest BCUT2D eigenvalue weighted by molar-refractivity contribution is 9.12. The zero-order valence-electron chi connectivity index (χ0n) is 30.4. The number of carbonyl (C=O) groups excluding carboxylic acids is 2. The number of nitrogens with zero attached hydrogens (tertiary/aromatic N) is 1. The lowest BCUT2D eigenvalue weighted by atomic mass is 10.0. The third kappa shape index (κ3) is 14.8. The smallest absolute Gasteiger partial charge is 0.311 e. The molecule has 14 heteroatoms. The Labute approximate surface area is 342 Å². The minimum absolute atomic E-state index is 0.0617. The van der Waals surface area contributed by atoms with Crippen LogP contribution in [0, 0.1) is 5.92 Å². The third-order valence-electron chi connectivity index (χ3n) is 8.63. The predicted molar refractivity (Wildman–Crippen MR) is 219 cm³/mol. The van der Waals surface area contributed by atoms with E-state index in [9.17, 15) is 14.7 Å². The van der Waals surface area contributed by atoms with Gasteiger partial charge in [-0.15, -0.1) is 0 Å². The molecule has 0 unspecified atom stereocenters. The highest BCUT2D eigenvalue weighted by Crippen LogP contribution is 2.41. The van der Waals surface area contributed by atoms with Crippen LogP contribution in [0.15, 0.2) is 59.4 Å². The van der Waals surface area contributed by atoms with E-state index in [0.717, 1.165) is 33.3 Å². The minimum Gasteiger partial charge on any atom is -0.495 e. The van der Waals surface area contributed by atoms with Crippen LogP contribution in [-0.4, -0.2) is 61.3 Å². The van der Waals surface area contributed by atoms with E-state index in [0.29, 0.717) is 52.9 Å². The van der Waals surface area contributed by atoms with Crippen LogP contribution in [0.4, 0.5) is 0 Å². The van der Waals surface area contributed by atoms with Crippen LogP contribution in [0.3, 0.4) is 0 Å². The number of nitrogens with one attached hydrogen (secondary N) is 2. The molecule has 1 spiro atoms. The first-order valence-electron chi connectivity index (χ1n) is 18.2. The van der Waals surface area contributed by atoms with Crippen LogP contribution < -0.4 is 15.4 Å². The summed E-state index contributed by atoms with van der Waals surface area (Å²) in [5.41, 5.74) is 0.873. The molecule has 2 heterocycles. The average molecular weight is 983 g/mol. The van der Waals surface area contributed by atoms with Gasteiger partial charge in [-0.3, -0.25) is 9.59 Å². The maximum Gasteiger partial charge on any atom is 0.311 e. The quantitative estimate of drug-likeness (QED) is 0.0737. The van der Waals surface area contributed by atoms with E-state index in [1.54, 1.807) is 0 Å². The first-order valence-corrected chi connectivity index (χ1v) is 21.4. The molecule has 3 rings (SSSR count). The maximum absolute atomic E-state index is 12.8. The number of aliphatic hydroxyl groups excluding tert-OH is 1. The lowest BCUT2D eigenvalue weighted by Gasteiger charge is -2.27. The molecule has 0 saturated carbocycles. The largest absolute Gasteiger partial charge is 0.495 e. The molecular weight excluding hydrogens is 930 g/mol. The standard InChI is InChI=1S/C38H53Br4N3O7/c1-26(2)16-13-11-9-7-5-4-6-8-10-12-14-17-32(46)43-20-18-27-22-28(39)35(29(40)23-27)50-21-15-19-44-37(48)33-36(47)38(52-45-33)24-30(41)34(49-3)31(42)25-51-38/h7,9,22-23,25-26,36,47H,4-6,8,10-21,24H2,1-3H3,(H,43,46)(H,44,48)/b9-7-/t36-,38+/m0/s1. The number of ether oxygens (including phenoxy) is 3. The Balaban J connectivity index is 1.26. The lowest BCUT2D eigenvalue weighted by Crippen LogP contribution is -2.49. The van der Waals surface area contributed by atoms with Gasteiger partial charge in [-0.1, -0.05) is 79.2 Å². The molecule has 10 nitrogen and oxygen atoms in total. The predicted octanol–water partition coefficient (Wildman–Crippen LogP) is 9.61. The van der Waals surface area contributed by atoms with Crippen molar-refractivity contribution in [1.82, 2.24) is 10.6 Å². The highest BCUT2D eigenvalue weighted by Gasteiger charge is 2.54. The summed E-state index contributed by atoms with van der Waals surface area (Å²) in [6.07, 6.45) is 18.4. The molecule has 1 aromatic rings. The second kappa shape index (κ2) is 23.8. The summed E-state index contributed by atoms with van der Waals surface area (Å²) in [6.45, 7) is 5.74. The maximum atomic E-state index is 12.8. The molecule has 0 aliphatic carbocycles. The first-order chi connectivity index (χ1) is 25.0. The number of halogens is 4. The Morgan fingerprint density at radius 1 is 0.981 bits per heavy atom. The zero-order chi connectivity index (χ0) is 37.9. The Hall–Kier alpha value is -1.87. The Morgan fingerprint density at radius 3 is 2.35 bits per heavy atom. The van der Waals surface area contributed by atoms with E-state index in [1.807, 2.05) is 12.1 Å². The fourth-order valence-corrected chi connectivity index (χ4v) is 8.74. The number of oxime groups is 1. The van der Waals surface area contributed by atoms with E-state index in [2.05, 4.69) is 106 Å². The average Bonchev–Trinajstić information content (AvgIpc) is 3.34. The molecule has 2 atom stereocenters. The molecular formula is C38H53Br4N3O7. The molecule has 52 heavy (non-hydrogen) atoms. The van der Waals surface area contributed by atoms with Gasteiger partial charge in [0.15, 0.2) is 11.8 Å². The SMILES string of the molecule is COC1=C(Br)C[C@@]2(OC=C1Br)ON=C(C(=O)NCCCOc1c(Br)cc(CCNC(=O)CCCCCCCC/C=C\CCCC(C)C)cc1Br)[C@@H]2O. The Bertz CT molecular complexity index is 1430. The van der Waals surface area contributed by atoms with Crippen molar-refractivity contribution in [3.63, 3.8) is 0 Å². The van der Waals surface area contributed by atoms with Gasteiger partial charge in [0.1, 0.15) is 17.8 Å². The number of methoxy groups -OCH3 is 1. The number of aliphatic hydroxyl groups is 1. The summed E-state index contributed by atoms with van der Waals surface area (Å²) in [7, 11) is 1.51. The van der Waals surface area contributed by atoms with Crippen molar-refractivity contribution in [1.29, 1.82) is 0 Å². The lowest BCUT2D eigenvalue weighted by molar-refractivity contribution is -0.225. The molecule has 0 aromatic heterocycles. The molecule has 0 bridgehead atoms. The van der Waals surface area contributed by atoms with Gasteiger partial charge in [0.05, 0.1) is 33.6 Å². The molecule has 1 aromatic carbocycles. The van der Waals surface area contributed by atoms with Gasteiger partial charge >= 0.3 is 5.79 Å². The summed E-state index contributed by atoms with van der Waals surface area (Å²) in [4.78, 5) is 30.6. The summed E-state index contributed by atoms with van der Waals surface area (Å²) in [6, 6.07) is 3.97. The number of hydrogen-bond acceptors (Lipinski definition) is 8. The van der Waals surface area contributed by atoms with Crippen LogP contribution in [0.2, 0.25) is 0 Å². The van der Waals surface area contributed by atoms with Gasteiger partial charge in [-0.2, -0.15) is 0 Å². The summed E-state index contributed by atoms with van der Waals surface area (Å²) in [5, 5.41) is 20.5. The molecule has 0 saturated heterocycles. The third-order valence-corrected chi connectivity index (χ3v) is 11.0. The summed E-state index contributed by atoms with van der Waals surface area (Å²) >= 11 is 14.0. The molecule has 2 aliphatic heterocycles. The van der Waals surface area contributed by atoms with E-state index >= 15 is 0 Å². The van der Waals surface area contributed by atoms with E-state index in [1.165, 1.54) is 64.7 Å². The zero-order valence-corrected chi connectivity index (χ0v) is 36.8. The van der Waals surface area contributed by atoms with Crippen molar-refractivity contribution < 1.29 is 33.7 Å². The van der Waals surface area contributed by atoms with Crippen LogP contribution in [-0.2, 0) is 30.3 Å². The summed E-state index contributed by atoms with van der Waals surface area (Å²) < 4.78 is 19.7. The highest BCUT2D eigenvalue weighted by atomic mass is 79.9. The molecule has 290 valence electrons. The normalized spacial score (nSPS) is 18.6. The van der Waals surface area contributed by atoms with Gasteiger partial charge in [0.25, 0.3) is 5.91 Å². The van der Waals surface area contributed by atoms with Crippen molar-refractivity contribution >= 4 is 81.2 Å². The second-order valence-electron chi connectivity index (χ2n) is 13.4. The van der Waals surface area contributed by atoms with Gasteiger partial charge in [0, 0.05) is 24.0 Å². The van der Waals surface area contributed by atoms with Crippen LogP contribution >= 0.6 is 63.7 Å². The van der Waals surface area contributed by atoms with E-state index in [-0.39, 0.29) is 24.6 Å². The molecule has 2 amide bonds. The van der Waals surface area contributed by atoms with Crippen molar-refractivity contribution in [2.75, 3.05) is 26.8 Å². The molecule has 0 radical (unpaired) electrons. The summed E-state index contributed by atoms with van der Waals surface area (Å²) in [5.74, 6) is -0.144. The van der Waals surface area contributed by atoms with Gasteiger partial charge in [-0.05, 0) is 116 Å². The van der Waals surface area contributed by atoms with E-state index < -0.39 is 17.8 Å². The van der Waals surface area contributed by atoms with Crippen molar-refractivity contribution in [2.45, 2.75) is 116 Å². The number of unbranched alkanes of at least 4 members (excludes halogenated alkanes) is 7. The second-order valence-corrected chi connectivity index (χ2v) is 16.9. The Kier molecular flexibility index (Phi) is 20.4. The Morgan fingerprint density at radius 2 is 1.65 bits per heavy atom. The van der Waals surface area contributed by atoms with Crippen LogP contribution in [0.1, 0.15) is 103 Å². The molecule has 0 fully saturated rings. The number of benzene rings is 1. The number of amides is 2. The van der Waals surface area contributed by atoms with Crippen molar-refractivity contribution in [2.24, 2.45) is 11.1 Å². The van der Waals surface area contributed by atoms with Gasteiger partial charge in [0.2, 0.25) is 5.91 Å². The fraction of sp³-hybridized carbons (Fsp3) is 0.605. The number of allylic oxidation sites excluding steroid dienone is 3. The monoisotopic (exact) mass is 979 g/mol. The number of carbonyl (C=O) groups is 2. The van der Waals surface area contributed by atoms with Gasteiger partial charge < -0.3 is 34.8 Å². The van der Waals surface area contributed by atoms with Crippen molar-refractivity contribution in [3.05, 3.63) is 59.8 Å². The van der Waals surface area contributed by atoms with Gasteiger partial charge in [-0.25, -0.2) is 0 Å². The topological polar surface area (TPSA) is 128 Å². The first kappa shape index (κ1) is 44.5. The fourth-order valence-electron chi connectivity index (χ4n) is 5.70. The number of hydrogen-bond donors (Lipinski definition) is 3. The van der Waals surface area contributed by atoms with Crippen molar-refractivity contribution in [3.8, 4) is 5.75 Å². The molecule has 3 N–H and O–H groups in total. The number of rotatable bonds is 23. The van der Waals surface area contributed by atoms with Crippen LogP contribution in [0.5, 0.6) is 5.75 Å². The van der Waals surface area contributed by atoms with Crippen LogP contribution in [0.25, 0.3) is 0 Å².